The zero-order valence-electron chi connectivity index (χ0n) is 7.70. The maximum absolute atomic E-state index is 12.4. The number of nitrogens with zero attached hydrogens (tertiary/aromatic N) is 1. The molecule has 0 aromatic carbocycles. The average Bonchev–Trinajstić information content (AvgIpc) is 2.16. The number of carbonyl (C=O) groups is 1. The van der Waals surface area contributed by atoms with E-state index >= 15 is 0 Å². The summed E-state index contributed by atoms with van der Waals surface area (Å²) in [7, 11) is 1.21. The lowest BCUT2D eigenvalue weighted by atomic mass is 10.1. The van der Waals surface area contributed by atoms with Crippen LogP contribution < -0.4 is 10.5 Å². The molecule has 1 rings (SSSR count). The minimum Gasteiger partial charge on any atom is -0.480 e. The van der Waals surface area contributed by atoms with Crippen LogP contribution in [0.3, 0.4) is 0 Å². The van der Waals surface area contributed by atoms with Crippen molar-refractivity contribution >= 4 is 11.7 Å². The predicted octanol–water partition coefficient (Wildman–Crippen LogP) is 1.31. The van der Waals surface area contributed by atoms with Crippen molar-refractivity contribution in [1.29, 1.82) is 0 Å². The first-order chi connectivity index (χ1) is 6.99. The van der Waals surface area contributed by atoms with E-state index in [1.807, 2.05) is 0 Å². The average molecular weight is 218 g/mol. The van der Waals surface area contributed by atoms with Gasteiger partial charge in [0.05, 0.1) is 18.2 Å². The van der Waals surface area contributed by atoms with Gasteiger partial charge in [0.15, 0.2) is 0 Å². The second kappa shape index (κ2) is 4.07. The minimum atomic E-state index is -2.95. The molecule has 3 N–H and O–H groups in total. The Labute approximate surface area is 83.5 Å². The monoisotopic (exact) mass is 218 g/mol. The molecule has 0 atom stereocenters. The van der Waals surface area contributed by atoms with E-state index in [0.29, 0.717) is 0 Å². The van der Waals surface area contributed by atoms with Crippen LogP contribution in [0.5, 0.6) is 5.88 Å². The van der Waals surface area contributed by atoms with Gasteiger partial charge in [-0.05, 0) is 0 Å². The number of rotatable bonds is 3. The molecule has 0 radical (unpaired) electrons. The minimum absolute atomic E-state index is 0.184. The summed E-state index contributed by atoms with van der Waals surface area (Å²) in [5, 5.41) is 8.72. The Hall–Kier alpha value is -1.92. The van der Waals surface area contributed by atoms with E-state index in [1.54, 1.807) is 0 Å². The molecular formula is C8H8F2N2O3. The van der Waals surface area contributed by atoms with Gasteiger partial charge < -0.3 is 15.6 Å². The SMILES string of the molecule is COc1ncc(C(F)F)c(C(=O)O)c1N. The van der Waals surface area contributed by atoms with Gasteiger partial charge in [0.25, 0.3) is 6.43 Å². The van der Waals surface area contributed by atoms with Gasteiger partial charge in [0.2, 0.25) is 5.88 Å². The van der Waals surface area contributed by atoms with Gasteiger partial charge in [-0.2, -0.15) is 0 Å². The maximum Gasteiger partial charge on any atom is 0.338 e. The molecule has 0 spiro atoms. The Bertz CT molecular complexity index is 396. The Morgan fingerprint density at radius 1 is 1.67 bits per heavy atom. The first-order valence-corrected chi connectivity index (χ1v) is 3.82. The highest BCUT2D eigenvalue weighted by molar-refractivity contribution is 5.96. The number of methoxy groups -OCH3 is 1. The third kappa shape index (κ3) is 1.95. The maximum atomic E-state index is 12.4. The molecule has 0 amide bonds. The molecular weight excluding hydrogens is 210 g/mol. The number of aromatic carboxylic acids is 1. The van der Waals surface area contributed by atoms with Crippen LogP contribution in [0.15, 0.2) is 6.20 Å². The highest BCUT2D eigenvalue weighted by Crippen LogP contribution is 2.31. The molecule has 0 bridgehead atoms. The topological polar surface area (TPSA) is 85.4 Å². The molecule has 1 aromatic heterocycles. The van der Waals surface area contributed by atoms with Crippen LogP contribution >= 0.6 is 0 Å². The van der Waals surface area contributed by atoms with Crippen molar-refractivity contribution in [1.82, 2.24) is 4.98 Å². The molecule has 0 saturated heterocycles. The Morgan fingerprint density at radius 2 is 2.27 bits per heavy atom. The number of anilines is 1. The van der Waals surface area contributed by atoms with Crippen molar-refractivity contribution in [3.05, 3.63) is 17.3 Å². The van der Waals surface area contributed by atoms with Gasteiger partial charge in [-0.1, -0.05) is 0 Å². The van der Waals surface area contributed by atoms with E-state index in [4.69, 9.17) is 10.8 Å². The molecule has 1 aromatic rings. The highest BCUT2D eigenvalue weighted by Gasteiger charge is 2.24. The number of hydrogen-bond acceptors (Lipinski definition) is 4. The van der Waals surface area contributed by atoms with Gasteiger partial charge in [-0.25, -0.2) is 18.6 Å². The lowest BCUT2D eigenvalue weighted by Gasteiger charge is -2.10. The number of nitrogens with two attached hydrogens (primary N) is 1. The van der Waals surface area contributed by atoms with E-state index in [0.717, 1.165) is 6.20 Å². The van der Waals surface area contributed by atoms with Crippen molar-refractivity contribution in [2.24, 2.45) is 0 Å². The van der Waals surface area contributed by atoms with Crippen molar-refractivity contribution < 1.29 is 23.4 Å². The first-order valence-electron chi connectivity index (χ1n) is 3.82. The van der Waals surface area contributed by atoms with E-state index in [1.165, 1.54) is 7.11 Å². The molecule has 0 saturated carbocycles. The molecule has 0 fully saturated rings. The molecule has 0 aliphatic carbocycles. The van der Waals surface area contributed by atoms with Crippen LogP contribution in [-0.2, 0) is 0 Å². The number of carboxylic acid groups (broad SMARTS) is 1. The van der Waals surface area contributed by atoms with Crippen LogP contribution in [0.4, 0.5) is 14.5 Å². The van der Waals surface area contributed by atoms with Gasteiger partial charge in [-0.15, -0.1) is 0 Å². The third-order valence-corrected chi connectivity index (χ3v) is 1.75. The molecule has 0 unspecified atom stereocenters. The number of ether oxygens (including phenoxy) is 1. The molecule has 7 heteroatoms. The lowest BCUT2D eigenvalue weighted by molar-refractivity contribution is 0.0685. The molecule has 82 valence electrons. The van der Waals surface area contributed by atoms with E-state index in [2.05, 4.69) is 9.72 Å². The Morgan fingerprint density at radius 3 is 2.67 bits per heavy atom. The van der Waals surface area contributed by atoms with Crippen molar-refractivity contribution in [3.8, 4) is 5.88 Å². The number of hydrogen-bond donors (Lipinski definition) is 2. The summed E-state index contributed by atoms with van der Waals surface area (Å²) >= 11 is 0. The van der Waals surface area contributed by atoms with E-state index < -0.39 is 29.2 Å². The highest BCUT2D eigenvalue weighted by atomic mass is 19.3. The summed E-state index contributed by atoms with van der Waals surface area (Å²) in [5.74, 6) is -1.72. The fraction of sp³-hybridized carbons (Fsp3) is 0.250. The number of nitrogen functional groups attached to an aromatic ring is 1. The molecule has 15 heavy (non-hydrogen) atoms. The quantitative estimate of drug-likeness (QED) is 0.798. The van der Waals surface area contributed by atoms with E-state index in [9.17, 15) is 13.6 Å². The van der Waals surface area contributed by atoms with Gasteiger partial charge in [0, 0.05) is 6.20 Å². The van der Waals surface area contributed by atoms with Crippen LogP contribution in [0.2, 0.25) is 0 Å². The normalized spacial score (nSPS) is 10.4. The summed E-state index contributed by atoms with van der Waals surface area (Å²) < 4.78 is 29.4. The lowest BCUT2D eigenvalue weighted by Crippen LogP contribution is -2.10. The Balaban J connectivity index is 3.44. The van der Waals surface area contributed by atoms with E-state index in [-0.39, 0.29) is 5.88 Å². The van der Waals surface area contributed by atoms with Gasteiger partial charge in [0.1, 0.15) is 5.69 Å². The Kier molecular flexibility index (Phi) is 3.03. The number of pyridine rings is 1. The summed E-state index contributed by atoms with van der Waals surface area (Å²) in [4.78, 5) is 14.2. The summed E-state index contributed by atoms with van der Waals surface area (Å²) in [6.45, 7) is 0. The number of alkyl halides is 2. The largest absolute Gasteiger partial charge is 0.480 e. The van der Waals surface area contributed by atoms with Crippen LogP contribution in [-0.4, -0.2) is 23.2 Å². The van der Waals surface area contributed by atoms with Crippen LogP contribution in [0, 0.1) is 0 Å². The van der Waals surface area contributed by atoms with Crippen molar-refractivity contribution in [3.63, 3.8) is 0 Å². The number of aromatic nitrogens is 1. The zero-order valence-corrected chi connectivity index (χ0v) is 7.70. The smallest absolute Gasteiger partial charge is 0.338 e. The van der Waals surface area contributed by atoms with Gasteiger partial charge >= 0.3 is 5.97 Å². The standard InChI is InChI=1S/C8H8F2N2O3/c1-15-7-5(11)4(8(13)14)3(2-12-7)6(9)10/h2,6H,11H2,1H3,(H,13,14). The summed E-state index contributed by atoms with van der Waals surface area (Å²) in [5.41, 5.74) is 3.54. The second-order valence-electron chi connectivity index (χ2n) is 2.62. The number of carboxylic acids is 1. The first kappa shape index (κ1) is 11.2. The third-order valence-electron chi connectivity index (χ3n) is 1.75. The van der Waals surface area contributed by atoms with Crippen molar-refractivity contribution in [2.45, 2.75) is 6.43 Å². The van der Waals surface area contributed by atoms with Crippen LogP contribution in [0.25, 0.3) is 0 Å². The fourth-order valence-corrected chi connectivity index (χ4v) is 1.09. The number of halogens is 2. The summed E-state index contributed by atoms with van der Waals surface area (Å²) in [6.07, 6.45) is -2.21. The molecule has 0 aliphatic rings. The zero-order chi connectivity index (χ0) is 11.6. The van der Waals surface area contributed by atoms with Gasteiger partial charge in [-0.3, -0.25) is 0 Å². The fourth-order valence-electron chi connectivity index (χ4n) is 1.09. The van der Waals surface area contributed by atoms with Crippen molar-refractivity contribution in [2.75, 3.05) is 12.8 Å². The molecule has 0 aliphatic heterocycles. The molecule has 1 heterocycles. The van der Waals surface area contributed by atoms with Crippen LogP contribution in [0.1, 0.15) is 22.3 Å². The molecule has 5 nitrogen and oxygen atoms in total. The second-order valence-corrected chi connectivity index (χ2v) is 2.62. The summed E-state index contributed by atoms with van der Waals surface area (Å²) in [6, 6.07) is 0. The predicted molar refractivity (Wildman–Crippen MR) is 47.1 cm³/mol.